The van der Waals surface area contributed by atoms with E-state index in [4.69, 9.17) is 21.9 Å². The number of carbonyl (C=O) groups is 1. The van der Waals surface area contributed by atoms with Crippen molar-refractivity contribution in [2.45, 2.75) is 13.5 Å². The van der Waals surface area contributed by atoms with Crippen LogP contribution < -0.4 is 10.5 Å². The van der Waals surface area contributed by atoms with Crippen molar-refractivity contribution < 1.29 is 22.8 Å². The molecule has 0 bridgehead atoms. The predicted octanol–water partition coefficient (Wildman–Crippen LogP) is 3.00. The van der Waals surface area contributed by atoms with Crippen LogP contribution in [-0.2, 0) is 0 Å². The van der Waals surface area contributed by atoms with Crippen molar-refractivity contribution in [2.75, 3.05) is 0 Å². The molecular weight excluding hydrogens is 294 g/mol. The third kappa shape index (κ3) is 2.72. The number of nitrogens with zero attached hydrogens (tertiary/aromatic N) is 1. The van der Waals surface area contributed by atoms with Gasteiger partial charge in [0.1, 0.15) is 22.8 Å². The molecule has 1 aromatic heterocycles. The highest BCUT2D eigenvalue weighted by Gasteiger charge is 2.23. The molecule has 0 atom stereocenters. The van der Waals surface area contributed by atoms with Crippen molar-refractivity contribution >= 4 is 17.5 Å². The molecule has 2 aromatic rings. The van der Waals surface area contributed by atoms with E-state index in [-0.39, 0.29) is 33.4 Å². The van der Waals surface area contributed by atoms with Gasteiger partial charge in [-0.1, -0.05) is 16.8 Å². The molecule has 1 amide bonds. The summed E-state index contributed by atoms with van der Waals surface area (Å²) in [5.74, 6) is -0.814. The maximum Gasteiger partial charge on any atom is 0.387 e. The quantitative estimate of drug-likeness (QED) is 0.941. The summed E-state index contributed by atoms with van der Waals surface area (Å²) in [6, 6.07) is 4.03. The number of nitrogens with two attached hydrogens (primary N) is 1. The summed E-state index contributed by atoms with van der Waals surface area (Å²) in [6.07, 6.45) is 0. The molecule has 0 saturated carbocycles. The number of aryl methyl sites for hydroxylation is 1. The van der Waals surface area contributed by atoms with Gasteiger partial charge in [0.15, 0.2) is 0 Å². The summed E-state index contributed by atoms with van der Waals surface area (Å²) in [5, 5.41) is 3.86. The molecule has 2 N–H and O–H groups in total. The molecule has 0 aliphatic carbocycles. The third-order valence-corrected chi connectivity index (χ3v) is 2.76. The fourth-order valence-electron chi connectivity index (χ4n) is 1.73. The molecule has 1 aromatic carbocycles. The molecule has 0 saturated heterocycles. The molecule has 0 spiro atoms. The average Bonchev–Trinajstić information content (AvgIpc) is 2.70. The van der Waals surface area contributed by atoms with Crippen LogP contribution in [-0.4, -0.2) is 17.7 Å². The van der Waals surface area contributed by atoms with Crippen LogP contribution in [0.5, 0.6) is 5.75 Å². The Morgan fingerprint density at radius 2 is 2.20 bits per heavy atom. The van der Waals surface area contributed by atoms with Crippen molar-refractivity contribution in [3.8, 4) is 17.0 Å². The van der Waals surface area contributed by atoms with Crippen molar-refractivity contribution in [1.82, 2.24) is 5.16 Å². The van der Waals surface area contributed by atoms with E-state index in [9.17, 15) is 13.6 Å². The van der Waals surface area contributed by atoms with Crippen LogP contribution in [0.15, 0.2) is 22.7 Å². The molecule has 20 heavy (non-hydrogen) atoms. The van der Waals surface area contributed by atoms with Crippen LogP contribution >= 0.6 is 11.6 Å². The molecule has 0 fully saturated rings. The topological polar surface area (TPSA) is 78.3 Å². The fourth-order valence-corrected chi connectivity index (χ4v) is 1.89. The molecule has 5 nitrogen and oxygen atoms in total. The average molecular weight is 303 g/mol. The number of primary amides is 1. The van der Waals surface area contributed by atoms with Crippen LogP contribution in [0, 0.1) is 6.92 Å². The van der Waals surface area contributed by atoms with E-state index in [0.717, 1.165) is 0 Å². The Bertz CT molecular complexity index is 658. The normalized spacial score (nSPS) is 10.8. The van der Waals surface area contributed by atoms with E-state index in [1.54, 1.807) is 0 Å². The Morgan fingerprint density at radius 3 is 2.80 bits per heavy atom. The summed E-state index contributed by atoms with van der Waals surface area (Å²) in [4.78, 5) is 11.4. The summed E-state index contributed by atoms with van der Waals surface area (Å²) in [5.41, 5.74) is 5.40. The summed E-state index contributed by atoms with van der Waals surface area (Å²) < 4.78 is 34.1. The lowest BCUT2D eigenvalue weighted by Crippen LogP contribution is -2.13. The maximum atomic E-state index is 12.4. The lowest BCUT2D eigenvalue weighted by Gasteiger charge is -2.09. The van der Waals surface area contributed by atoms with Gasteiger partial charge >= 0.3 is 6.61 Å². The van der Waals surface area contributed by atoms with Gasteiger partial charge in [-0.25, -0.2) is 0 Å². The summed E-state index contributed by atoms with van der Waals surface area (Å²) in [6.45, 7) is -1.56. The van der Waals surface area contributed by atoms with Gasteiger partial charge in [-0.2, -0.15) is 8.78 Å². The highest BCUT2D eigenvalue weighted by atomic mass is 35.5. The van der Waals surface area contributed by atoms with Gasteiger partial charge in [0, 0.05) is 10.6 Å². The highest BCUT2D eigenvalue weighted by molar-refractivity contribution is 6.30. The lowest BCUT2D eigenvalue weighted by atomic mass is 10.0. The van der Waals surface area contributed by atoms with Crippen molar-refractivity contribution in [2.24, 2.45) is 5.73 Å². The number of carbonyl (C=O) groups excluding carboxylic acids is 1. The van der Waals surface area contributed by atoms with Gasteiger partial charge in [0.05, 0.1) is 0 Å². The molecular formula is C12H9ClF2N2O3. The SMILES string of the molecule is Cc1onc(-c2ccc(Cl)cc2OC(F)F)c1C(N)=O. The highest BCUT2D eigenvalue weighted by Crippen LogP contribution is 2.35. The number of hydrogen-bond acceptors (Lipinski definition) is 4. The number of benzene rings is 1. The van der Waals surface area contributed by atoms with Gasteiger partial charge in [0.25, 0.3) is 5.91 Å². The van der Waals surface area contributed by atoms with Gasteiger partial charge in [-0.15, -0.1) is 0 Å². The largest absolute Gasteiger partial charge is 0.434 e. The van der Waals surface area contributed by atoms with E-state index in [0.29, 0.717) is 0 Å². The number of halogens is 3. The van der Waals surface area contributed by atoms with Crippen LogP contribution in [0.3, 0.4) is 0 Å². The van der Waals surface area contributed by atoms with Crippen LogP contribution in [0.1, 0.15) is 16.1 Å². The Kier molecular flexibility index (Phi) is 3.89. The Hall–Kier alpha value is -2.15. The second-order valence-electron chi connectivity index (χ2n) is 3.85. The standard InChI is InChI=1S/C12H9ClF2N2O3/c1-5-9(11(16)18)10(17-20-5)7-3-2-6(13)4-8(7)19-12(14)15/h2-4,12H,1H3,(H2,16,18). The zero-order valence-corrected chi connectivity index (χ0v) is 10.9. The number of hydrogen-bond donors (Lipinski definition) is 1. The monoisotopic (exact) mass is 302 g/mol. The minimum atomic E-state index is -3.04. The molecule has 106 valence electrons. The van der Waals surface area contributed by atoms with Crippen LogP contribution in [0.4, 0.5) is 8.78 Å². The predicted molar refractivity (Wildman–Crippen MR) is 66.8 cm³/mol. The number of rotatable bonds is 4. The zero-order valence-electron chi connectivity index (χ0n) is 10.2. The summed E-state index contributed by atoms with van der Waals surface area (Å²) in [7, 11) is 0. The first-order valence-corrected chi connectivity index (χ1v) is 5.78. The fraction of sp³-hybridized carbons (Fsp3) is 0.167. The third-order valence-electron chi connectivity index (χ3n) is 2.52. The molecule has 0 radical (unpaired) electrons. The van der Waals surface area contributed by atoms with Crippen molar-refractivity contribution in [1.29, 1.82) is 0 Å². The van der Waals surface area contributed by atoms with Gasteiger partial charge in [0.2, 0.25) is 0 Å². The second kappa shape index (κ2) is 5.46. The second-order valence-corrected chi connectivity index (χ2v) is 4.28. The van der Waals surface area contributed by atoms with Gasteiger partial charge < -0.3 is 15.0 Å². The van der Waals surface area contributed by atoms with Crippen molar-refractivity contribution in [3.63, 3.8) is 0 Å². The van der Waals surface area contributed by atoms with Gasteiger partial charge in [-0.3, -0.25) is 4.79 Å². The number of amides is 1. The van der Waals surface area contributed by atoms with E-state index < -0.39 is 12.5 Å². The maximum absolute atomic E-state index is 12.4. The van der Waals surface area contributed by atoms with Gasteiger partial charge in [-0.05, 0) is 25.1 Å². The van der Waals surface area contributed by atoms with Crippen molar-refractivity contribution in [3.05, 3.63) is 34.5 Å². The number of alkyl halides is 2. The van der Waals surface area contributed by atoms with E-state index in [1.807, 2.05) is 0 Å². The molecule has 0 aliphatic rings. The van der Waals surface area contributed by atoms with Crippen LogP contribution in [0.2, 0.25) is 5.02 Å². The molecule has 1 heterocycles. The zero-order chi connectivity index (χ0) is 14.9. The first-order chi connectivity index (χ1) is 9.40. The smallest absolute Gasteiger partial charge is 0.387 e. The minimum Gasteiger partial charge on any atom is -0.434 e. The Morgan fingerprint density at radius 1 is 1.50 bits per heavy atom. The first kappa shape index (κ1) is 14.3. The summed E-state index contributed by atoms with van der Waals surface area (Å²) >= 11 is 5.73. The molecule has 2 rings (SSSR count). The van der Waals surface area contributed by atoms with E-state index in [1.165, 1.54) is 25.1 Å². The van der Waals surface area contributed by atoms with Crippen LogP contribution in [0.25, 0.3) is 11.3 Å². The number of ether oxygens (including phenoxy) is 1. The Balaban J connectivity index is 2.60. The number of aromatic nitrogens is 1. The molecule has 0 unspecified atom stereocenters. The Labute approximate surface area is 117 Å². The first-order valence-electron chi connectivity index (χ1n) is 5.41. The van der Waals surface area contributed by atoms with E-state index in [2.05, 4.69) is 9.89 Å². The minimum absolute atomic E-state index is 0.00596. The molecule has 8 heteroatoms. The molecule has 0 aliphatic heterocycles. The van der Waals surface area contributed by atoms with E-state index >= 15 is 0 Å². The lowest BCUT2D eigenvalue weighted by molar-refractivity contribution is -0.0494.